The molecule has 0 saturated heterocycles. The lowest BCUT2D eigenvalue weighted by atomic mass is 10.1. The molecule has 4 rings (SSSR count). The lowest BCUT2D eigenvalue weighted by Gasteiger charge is -2.24. The summed E-state index contributed by atoms with van der Waals surface area (Å²) in [6.45, 7) is 0.943. The van der Waals surface area contributed by atoms with E-state index in [-0.39, 0.29) is 6.04 Å². The molecule has 1 atom stereocenters. The Labute approximate surface area is 128 Å². The van der Waals surface area contributed by atoms with Crippen LogP contribution in [0.15, 0.2) is 36.8 Å². The number of aromatic nitrogens is 4. The van der Waals surface area contributed by atoms with Crippen LogP contribution in [0.3, 0.4) is 0 Å². The summed E-state index contributed by atoms with van der Waals surface area (Å²) in [4.78, 5) is 8.84. The second-order valence-electron chi connectivity index (χ2n) is 5.40. The number of para-hydroxylation sites is 1. The molecule has 0 unspecified atom stereocenters. The van der Waals surface area contributed by atoms with E-state index < -0.39 is 0 Å². The van der Waals surface area contributed by atoms with Crippen molar-refractivity contribution in [3.05, 3.63) is 42.6 Å². The zero-order chi connectivity index (χ0) is 14.9. The van der Waals surface area contributed by atoms with Gasteiger partial charge in [0.25, 0.3) is 0 Å². The number of nitrogens with one attached hydrogen (secondary N) is 1. The largest absolute Gasteiger partial charge is 0.494 e. The molecule has 3 aromatic rings. The van der Waals surface area contributed by atoms with Crippen molar-refractivity contribution in [2.24, 2.45) is 0 Å². The van der Waals surface area contributed by atoms with Crippen LogP contribution in [0.4, 0.5) is 5.69 Å². The van der Waals surface area contributed by atoms with Crippen molar-refractivity contribution in [1.82, 2.24) is 19.7 Å². The fourth-order valence-electron chi connectivity index (χ4n) is 3.05. The van der Waals surface area contributed by atoms with Crippen molar-refractivity contribution in [1.29, 1.82) is 0 Å². The summed E-state index contributed by atoms with van der Waals surface area (Å²) in [5.74, 6) is 1.78. The van der Waals surface area contributed by atoms with Crippen LogP contribution in [0.25, 0.3) is 10.9 Å². The lowest BCUT2D eigenvalue weighted by Crippen LogP contribution is -2.22. The number of rotatable bonds is 3. The molecule has 1 aromatic carbocycles. The van der Waals surface area contributed by atoms with E-state index in [1.165, 1.54) is 0 Å². The molecule has 6 nitrogen and oxygen atoms in total. The normalized spacial score (nSPS) is 17.2. The molecule has 0 aliphatic carbocycles. The van der Waals surface area contributed by atoms with E-state index in [0.29, 0.717) is 0 Å². The maximum Gasteiger partial charge on any atom is 0.149 e. The van der Waals surface area contributed by atoms with E-state index in [9.17, 15) is 0 Å². The summed E-state index contributed by atoms with van der Waals surface area (Å²) < 4.78 is 7.38. The van der Waals surface area contributed by atoms with Crippen LogP contribution >= 0.6 is 0 Å². The van der Waals surface area contributed by atoms with Crippen molar-refractivity contribution >= 4 is 16.6 Å². The lowest BCUT2D eigenvalue weighted by molar-refractivity contribution is 0.419. The maximum absolute atomic E-state index is 5.40. The minimum atomic E-state index is 0.174. The Bertz CT molecular complexity index is 813. The molecule has 3 heterocycles. The van der Waals surface area contributed by atoms with Gasteiger partial charge in [0, 0.05) is 23.8 Å². The predicted molar refractivity (Wildman–Crippen MR) is 83.9 cm³/mol. The van der Waals surface area contributed by atoms with Crippen molar-refractivity contribution < 1.29 is 4.74 Å². The molecule has 0 amide bonds. The van der Waals surface area contributed by atoms with E-state index in [2.05, 4.69) is 26.4 Å². The number of pyridine rings is 1. The summed E-state index contributed by atoms with van der Waals surface area (Å²) >= 11 is 0. The first-order chi connectivity index (χ1) is 10.9. The number of hydrogen-bond donors (Lipinski definition) is 1. The van der Waals surface area contributed by atoms with E-state index in [0.717, 1.165) is 47.6 Å². The minimum Gasteiger partial charge on any atom is -0.494 e. The van der Waals surface area contributed by atoms with Gasteiger partial charge < -0.3 is 10.1 Å². The van der Waals surface area contributed by atoms with Gasteiger partial charge >= 0.3 is 0 Å². The highest BCUT2D eigenvalue weighted by Gasteiger charge is 2.22. The Balaban J connectivity index is 1.74. The topological polar surface area (TPSA) is 64.9 Å². The van der Waals surface area contributed by atoms with Crippen molar-refractivity contribution in [2.75, 3.05) is 12.4 Å². The van der Waals surface area contributed by atoms with E-state index >= 15 is 0 Å². The molecule has 22 heavy (non-hydrogen) atoms. The molecule has 0 spiro atoms. The Morgan fingerprint density at radius 1 is 1.27 bits per heavy atom. The second kappa shape index (κ2) is 5.29. The Morgan fingerprint density at radius 2 is 2.23 bits per heavy atom. The van der Waals surface area contributed by atoms with Crippen molar-refractivity contribution in [3.8, 4) is 5.75 Å². The third-order valence-corrected chi connectivity index (χ3v) is 4.10. The van der Waals surface area contributed by atoms with Gasteiger partial charge in [-0.3, -0.25) is 4.98 Å². The van der Waals surface area contributed by atoms with Crippen LogP contribution in [-0.2, 0) is 6.54 Å². The average Bonchev–Trinajstić information content (AvgIpc) is 3.04. The van der Waals surface area contributed by atoms with Crippen LogP contribution < -0.4 is 10.1 Å². The third-order valence-electron chi connectivity index (χ3n) is 4.10. The van der Waals surface area contributed by atoms with Gasteiger partial charge in [-0.05, 0) is 25.0 Å². The minimum absolute atomic E-state index is 0.174. The van der Waals surface area contributed by atoms with E-state index in [1.807, 2.05) is 22.9 Å². The van der Waals surface area contributed by atoms with Gasteiger partial charge in [-0.15, -0.1) is 0 Å². The van der Waals surface area contributed by atoms with Crippen LogP contribution in [-0.4, -0.2) is 26.9 Å². The van der Waals surface area contributed by atoms with Crippen LogP contribution in [0.2, 0.25) is 0 Å². The monoisotopic (exact) mass is 295 g/mol. The first-order valence-corrected chi connectivity index (χ1v) is 7.43. The number of nitrogens with zero attached hydrogens (tertiary/aromatic N) is 4. The highest BCUT2D eigenvalue weighted by atomic mass is 16.5. The fraction of sp³-hybridized carbons (Fsp3) is 0.312. The molecule has 0 saturated carbocycles. The zero-order valence-electron chi connectivity index (χ0n) is 12.4. The molecule has 0 radical (unpaired) electrons. The van der Waals surface area contributed by atoms with Crippen LogP contribution in [0, 0.1) is 0 Å². The number of anilines is 1. The summed E-state index contributed by atoms with van der Waals surface area (Å²) in [7, 11) is 1.67. The fourth-order valence-corrected chi connectivity index (χ4v) is 3.05. The highest BCUT2D eigenvalue weighted by Crippen LogP contribution is 2.32. The first-order valence-electron chi connectivity index (χ1n) is 7.43. The second-order valence-corrected chi connectivity index (χ2v) is 5.40. The van der Waals surface area contributed by atoms with Gasteiger partial charge in [-0.25, -0.2) is 9.67 Å². The molecule has 6 heteroatoms. The van der Waals surface area contributed by atoms with Gasteiger partial charge in [0.05, 0.1) is 13.2 Å². The summed E-state index contributed by atoms with van der Waals surface area (Å²) in [5, 5.41) is 8.92. The number of hydrogen-bond acceptors (Lipinski definition) is 5. The smallest absolute Gasteiger partial charge is 0.149 e. The van der Waals surface area contributed by atoms with E-state index in [4.69, 9.17) is 4.74 Å². The molecule has 0 fully saturated rings. The number of benzene rings is 1. The standard InChI is InChI=1S/C16H17N5O/c1-22-14-6-2-4-11-12(7-8-17-15(11)14)20-13-5-3-9-21-16(13)18-10-19-21/h2,4,6-8,10,13H,3,5,9H2,1H3,(H,17,20)/t13-/m0/s1. The van der Waals surface area contributed by atoms with Crippen molar-refractivity contribution in [2.45, 2.75) is 25.4 Å². The number of aryl methyl sites for hydroxylation is 1. The summed E-state index contributed by atoms with van der Waals surface area (Å²) in [5.41, 5.74) is 1.91. The number of methoxy groups -OCH3 is 1. The summed E-state index contributed by atoms with van der Waals surface area (Å²) in [6, 6.07) is 8.14. The molecule has 0 bridgehead atoms. The van der Waals surface area contributed by atoms with Gasteiger partial charge in [0.2, 0.25) is 0 Å². The van der Waals surface area contributed by atoms with Gasteiger partial charge in [-0.2, -0.15) is 5.10 Å². The Morgan fingerprint density at radius 3 is 3.14 bits per heavy atom. The number of fused-ring (bicyclic) bond motifs is 2. The van der Waals surface area contributed by atoms with Gasteiger partial charge in [0.15, 0.2) is 0 Å². The average molecular weight is 295 g/mol. The van der Waals surface area contributed by atoms with E-state index in [1.54, 1.807) is 19.6 Å². The highest BCUT2D eigenvalue weighted by molar-refractivity contribution is 5.94. The molecular formula is C16H17N5O. The van der Waals surface area contributed by atoms with Gasteiger partial charge in [-0.1, -0.05) is 12.1 Å². The first kappa shape index (κ1) is 13.1. The van der Waals surface area contributed by atoms with Crippen molar-refractivity contribution in [3.63, 3.8) is 0 Å². The molecule has 1 aliphatic rings. The quantitative estimate of drug-likeness (QED) is 0.805. The maximum atomic E-state index is 5.40. The molecule has 112 valence electrons. The number of ether oxygens (including phenoxy) is 1. The van der Waals surface area contributed by atoms with Crippen LogP contribution in [0.1, 0.15) is 24.7 Å². The molecule has 2 aromatic heterocycles. The zero-order valence-corrected chi connectivity index (χ0v) is 12.4. The molecule has 1 aliphatic heterocycles. The molecular weight excluding hydrogens is 278 g/mol. The summed E-state index contributed by atoms with van der Waals surface area (Å²) in [6.07, 6.45) is 5.58. The van der Waals surface area contributed by atoms with Crippen LogP contribution in [0.5, 0.6) is 5.75 Å². The predicted octanol–water partition coefficient (Wildman–Crippen LogP) is 2.78. The SMILES string of the molecule is COc1cccc2c(N[C@H]3CCCn4ncnc43)ccnc12. The Hall–Kier alpha value is -2.63. The third kappa shape index (κ3) is 2.07. The van der Waals surface area contributed by atoms with Gasteiger partial charge in [0.1, 0.15) is 23.4 Å². The molecule has 1 N–H and O–H groups in total. The Kier molecular flexibility index (Phi) is 3.14.